The molecule has 28 heavy (non-hydrogen) atoms. The van der Waals surface area contributed by atoms with Gasteiger partial charge in [0.2, 0.25) is 0 Å². The molecule has 0 saturated carbocycles. The molecule has 0 radical (unpaired) electrons. The number of piperazine rings is 1. The highest BCUT2D eigenvalue weighted by Crippen LogP contribution is 2.24. The van der Waals surface area contributed by atoms with Crippen molar-refractivity contribution in [2.45, 2.75) is 25.3 Å². The van der Waals surface area contributed by atoms with Crippen molar-refractivity contribution >= 4 is 17.1 Å². The average Bonchev–Trinajstić information content (AvgIpc) is 3.16. The molecule has 4 heterocycles. The van der Waals surface area contributed by atoms with Crippen LogP contribution >= 0.6 is 0 Å². The Morgan fingerprint density at radius 2 is 2.00 bits per heavy atom. The minimum atomic E-state index is -0.0756. The topological polar surface area (TPSA) is 75.5 Å². The second-order valence-corrected chi connectivity index (χ2v) is 7.82. The molecule has 4 rings (SSSR count). The maximum Gasteiger partial charge on any atom is 0.252 e. The van der Waals surface area contributed by atoms with Crippen molar-refractivity contribution in [1.82, 2.24) is 29.7 Å². The fraction of sp³-hybridized carbons (Fsp3) is 0.650. The number of carbonyl (C=O) groups excluding carboxylic acids is 1. The monoisotopic (exact) mass is 386 g/mol. The summed E-state index contributed by atoms with van der Waals surface area (Å²) in [6, 6.07) is 2.22. The van der Waals surface area contributed by atoms with Crippen LogP contribution in [0, 0.1) is 0 Å². The summed E-state index contributed by atoms with van der Waals surface area (Å²) in [7, 11) is 2.16. The number of likely N-dealkylation sites (N-methyl/N-ethyl adjacent to an activating group) is 1. The van der Waals surface area contributed by atoms with Crippen LogP contribution in [0.2, 0.25) is 0 Å². The number of imidazole rings is 1. The minimum absolute atomic E-state index is 0.0756. The van der Waals surface area contributed by atoms with Crippen molar-refractivity contribution in [3.8, 4) is 0 Å². The van der Waals surface area contributed by atoms with Crippen molar-refractivity contribution < 1.29 is 9.53 Å². The molecule has 1 amide bonds. The second kappa shape index (κ2) is 8.98. The Morgan fingerprint density at radius 3 is 2.79 bits per heavy atom. The predicted octanol–water partition coefficient (Wildman–Crippen LogP) is 1.15. The molecule has 0 unspecified atom stereocenters. The minimum Gasteiger partial charge on any atom is -0.381 e. The molecule has 2 aliphatic heterocycles. The third-order valence-electron chi connectivity index (χ3n) is 5.79. The molecule has 2 aliphatic rings. The Kier molecular flexibility index (Phi) is 6.19. The van der Waals surface area contributed by atoms with Crippen LogP contribution in [0.1, 0.15) is 35.7 Å². The van der Waals surface area contributed by atoms with Gasteiger partial charge in [-0.1, -0.05) is 0 Å². The smallest absolute Gasteiger partial charge is 0.252 e. The lowest BCUT2D eigenvalue weighted by molar-refractivity contribution is 0.0704. The largest absolute Gasteiger partial charge is 0.381 e. The Morgan fingerprint density at radius 1 is 1.21 bits per heavy atom. The Balaban J connectivity index is 1.29. The molecule has 0 spiro atoms. The van der Waals surface area contributed by atoms with Crippen LogP contribution in [0.3, 0.4) is 0 Å². The Hall–Kier alpha value is -2.03. The van der Waals surface area contributed by atoms with E-state index in [0.717, 1.165) is 76.4 Å². The summed E-state index contributed by atoms with van der Waals surface area (Å²) >= 11 is 0. The summed E-state index contributed by atoms with van der Waals surface area (Å²) in [4.78, 5) is 26.3. The fourth-order valence-corrected chi connectivity index (χ4v) is 3.95. The standard InChI is InChI=1S/C20H30N6O2/c1-24-7-9-25(10-8-24)6-2-5-21-20(27)16-13-18-19(22-14-16)26(15-23-18)17-3-11-28-12-4-17/h13-15,17H,2-12H2,1H3,(H,21,27). The molecule has 0 atom stereocenters. The summed E-state index contributed by atoms with van der Waals surface area (Å²) < 4.78 is 7.56. The summed E-state index contributed by atoms with van der Waals surface area (Å²) in [6.07, 6.45) is 6.41. The maximum atomic E-state index is 12.5. The number of amides is 1. The van der Waals surface area contributed by atoms with Gasteiger partial charge in [-0.3, -0.25) is 4.79 Å². The SMILES string of the molecule is CN1CCN(CCCNC(=O)c2cnc3c(c2)ncn3C2CCOCC2)CC1. The van der Waals surface area contributed by atoms with E-state index in [-0.39, 0.29) is 5.91 Å². The van der Waals surface area contributed by atoms with Crippen LogP contribution in [0.4, 0.5) is 0 Å². The van der Waals surface area contributed by atoms with Gasteiger partial charge in [-0.2, -0.15) is 0 Å². The van der Waals surface area contributed by atoms with E-state index >= 15 is 0 Å². The van der Waals surface area contributed by atoms with Crippen LogP contribution in [0.5, 0.6) is 0 Å². The molecule has 2 fully saturated rings. The number of nitrogens with one attached hydrogen (secondary N) is 1. The summed E-state index contributed by atoms with van der Waals surface area (Å²) in [5, 5.41) is 3.02. The van der Waals surface area contributed by atoms with Crippen LogP contribution < -0.4 is 5.32 Å². The lowest BCUT2D eigenvalue weighted by atomic mass is 10.1. The fourth-order valence-electron chi connectivity index (χ4n) is 3.95. The highest BCUT2D eigenvalue weighted by Gasteiger charge is 2.19. The van der Waals surface area contributed by atoms with Crippen molar-refractivity contribution in [2.75, 3.05) is 59.5 Å². The zero-order valence-electron chi connectivity index (χ0n) is 16.6. The molecule has 0 aromatic carbocycles. The lowest BCUT2D eigenvalue weighted by Crippen LogP contribution is -2.45. The van der Waals surface area contributed by atoms with Crippen molar-refractivity contribution in [3.05, 3.63) is 24.2 Å². The van der Waals surface area contributed by atoms with Crippen LogP contribution in [0.25, 0.3) is 11.2 Å². The quantitative estimate of drug-likeness (QED) is 0.751. The van der Waals surface area contributed by atoms with E-state index in [9.17, 15) is 4.79 Å². The van der Waals surface area contributed by atoms with Crippen LogP contribution in [0.15, 0.2) is 18.6 Å². The van der Waals surface area contributed by atoms with E-state index in [0.29, 0.717) is 18.2 Å². The molecular weight excluding hydrogens is 356 g/mol. The van der Waals surface area contributed by atoms with Gasteiger partial charge < -0.3 is 24.4 Å². The van der Waals surface area contributed by atoms with Gasteiger partial charge >= 0.3 is 0 Å². The summed E-state index contributed by atoms with van der Waals surface area (Å²) in [5.74, 6) is -0.0756. The van der Waals surface area contributed by atoms with Gasteiger partial charge in [-0.15, -0.1) is 0 Å². The predicted molar refractivity (Wildman–Crippen MR) is 108 cm³/mol. The molecule has 8 nitrogen and oxygen atoms in total. The van der Waals surface area contributed by atoms with E-state index < -0.39 is 0 Å². The first-order valence-corrected chi connectivity index (χ1v) is 10.3. The first kappa shape index (κ1) is 19.3. The van der Waals surface area contributed by atoms with Gasteiger partial charge in [0.1, 0.15) is 5.52 Å². The molecule has 0 aliphatic carbocycles. The number of nitrogens with zero attached hydrogens (tertiary/aromatic N) is 5. The third kappa shape index (κ3) is 4.51. The highest BCUT2D eigenvalue weighted by atomic mass is 16.5. The van der Waals surface area contributed by atoms with Gasteiger partial charge in [0.05, 0.1) is 11.9 Å². The number of carbonyl (C=O) groups is 1. The highest BCUT2D eigenvalue weighted by molar-refractivity contribution is 5.96. The molecule has 152 valence electrons. The Labute approximate surface area is 165 Å². The lowest BCUT2D eigenvalue weighted by Gasteiger charge is -2.32. The molecule has 8 heteroatoms. The molecule has 2 aromatic rings. The average molecular weight is 387 g/mol. The first-order chi connectivity index (χ1) is 13.7. The number of hydrogen-bond acceptors (Lipinski definition) is 6. The van der Waals surface area contributed by atoms with Crippen molar-refractivity contribution in [1.29, 1.82) is 0 Å². The Bertz CT molecular complexity index is 793. The van der Waals surface area contributed by atoms with Crippen LogP contribution in [-0.4, -0.2) is 89.8 Å². The van der Waals surface area contributed by atoms with E-state index in [1.165, 1.54) is 0 Å². The summed E-state index contributed by atoms with van der Waals surface area (Å²) in [5.41, 5.74) is 2.19. The number of fused-ring (bicyclic) bond motifs is 1. The molecule has 1 N–H and O–H groups in total. The van der Waals surface area contributed by atoms with Gasteiger partial charge in [-0.25, -0.2) is 9.97 Å². The van der Waals surface area contributed by atoms with Crippen molar-refractivity contribution in [2.24, 2.45) is 0 Å². The van der Waals surface area contributed by atoms with Gasteiger partial charge in [-0.05, 0) is 38.9 Å². The van der Waals surface area contributed by atoms with Gasteiger partial charge in [0.25, 0.3) is 5.91 Å². The third-order valence-corrected chi connectivity index (χ3v) is 5.79. The van der Waals surface area contributed by atoms with Gasteiger partial charge in [0.15, 0.2) is 5.65 Å². The molecular formula is C20H30N6O2. The molecule has 0 bridgehead atoms. The molecule has 2 aromatic heterocycles. The van der Waals surface area contributed by atoms with E-state index in [2.05, 4.69) is 36.7 Å². The second-order valence-electron chi connectivity index (χ2n) is 7.82. The van der Waals surface area contributed by atoms with Gasteiger partial charge in [0, 0.05) is 58.2 Å². The summed E-state index contributed by atoms with van der Waals surface area (Å²) in [6.45, 7) is 7.73. The van der Waals surface area contributed by atoms with E-state index in [1.807, 2.05) is 12.4 Å². The zero-order valence-corrected chi connectivity index (χ0v) is 16.6. The van der Waals surface area contributed by atoms with Crippen molar-refractivity contribution in [3.63, 3.8) is 0 Å². The zero-order chi connectivity index (χ0) is 19.3. The maximum absolute atomic E-state index is 12.5. The number of ether oxygens (including phenoxy) is 1. The van der Waals surface area contributed by atoms with E-state index in [4.69, 9.17) is 4.74 Å². The number of hydrogen-bond donors (Lipinski definition) is 1. The van der Waals surface area contributed by atoms with E-state index in [1.54, 1.807) is 6.20 Å². The number of rotatable bonds is 6. The normalized spacial score (nSPS) is 19.9. The number of aromatic nitrogens is 3. The first-order valence-electron chi connectivity index (χ1n) is 10.3. The van der Waals surface area contributed by atoms with Crippen LogP contribution in [-0.2, 0) is 4.74 Å². The number of pyridine rings is 1. The molecule has 2 saturated heterocycles.